The molecule has 30 heavy (non-hydrogen) atoms. The Bertz CT molecular complexity index is 498. The van der Waals surface area contributed by atoms with Crippen LogP contribution < -0.4 is 10.2 Å². The van der Waals surface area contributed by atoms with E-state index in [2.05, 4.69) is 19.2 Å². The van der Waals surface area contributed by atoms with Crippen LogP contribution in [0, 0.1) is 0 Å². The van der Waals surface area contributed by atoms with Crippen LogP contribution in [0.5, 0.6) is 0 Å². The molecule has 0 aliphatic carbocycles. The van der Waals surface area contributed by atoms with E-state index >= 15 is 0 Å². The molecule has 0 fully saturated rings. The van der Waals surface area contributed by atoms with Crippen molar-refractivity contribution in [3.05, 3.63) is 0 Å². The zero-order valence-electron chi connectivity index (χ0n) is 19.7. The van der Waals surface area contributed by atoms with E-state index in [-0.39, 0.29) is 19.1 Å². The standard InChI is InChI=1S/C21H45N2O6P/c1-6-8-10-12-14-20(24)19(22-21(25)15-13-11-9-7-2)18-29-30(26,27)28-17-16-23(3,4)5/h19-20,24H,6-18H2,1-5H3,(H-,22,25,26,27). The lowest BCUT2D eigenvalue weighted by Gasteiger charge is -2.30. The van der Waals surface area contributed by atoms with Crippen molar-refractivity contribution in [2.75, 3.05) is 40.9 Å². The Morgan fingerprint density at radius 3 is 2.20 bits per heavy atom. The van der Waals surface area contributed by atoms with Crippen molar-refractivity contribution < 1.29 is 32.9 Å². The van der Waals surface area contributed by atoms with Crippen molar-refractivity contribution in [3.8, 4) is 0 Å². The number of quaternary nitrogens is 1. The third-order valence-corrected chi connectivity index (χ3v) is 5.81. The zero-order chi connectivity index (χ0) is 23.0. The Morgan fingerprint density at radius 1 is 1.03 bits per heavy atom. The molecule has 0 saturated heterocycles. The molecule has 0 heterocycles. The highest BCUT2D eigenvalue weighted by Crippen LogP contribution is 2.38. The number of carbonyl (C=O) groups excluding carboxylic acids is 1. The molecule has 180 valence electrons. The maximum Gasteiger partial charge on any atom is 0.268 e. The van der Waals surface area contributed by atoms with Gasteiger partial charge < -0.3 is 28.8 Å². The minimum absolute atomic E-state index is 0.0122. The number of aliphatic hydroxyl groups excluding tert-OH is 1. The van der Waals surface area contributed by atoms with E-state index in [1.807, 2.05) is 21.1 Å². The summed E-state index contributed by atoms with van der Waals surface area (Å²) >= 11 is 0. The van der Waals surface area contributed by atoms with Gasteiger partial charge in [-0.15, -0.1) is 0 Å². The van der Waals surface area contributed by atoms with E-state index in [4.69, 9.17) is 9.05 Å². The normalized spacial score (nSPS) is 16.1. The summed E-state index contributed by atoms with van der Waals surface area (Å²) in [7, 11) is 1.29. The third-order valence-electron chi connectivity index (χ3n) is 4.85. The largest absolute Gasteiger partial charge is 0.756 e. The van der Waals surface area contributed by atoms with Crippen LogP contribution in [0.15, 0.2) is 0 Å². The number of hydrogen-bond acceptors (Lipinski definition) is 6. The highest BCUT2D eigenvalue weighted by molar-refractivity contribution is 7.45. The lowest BCUT2D eigenvalue weighted by Crippen LogP contribution is -2.46. The summed E-state index contributed by atoms with van der Waals surface area (Å²) in [5.74, 6) is -0.195. The molecule has 3 unspecified atom stereocenters. The third kappa shape index (κ3) is 17.2. The molecule has 9 heteroatoms. The van der Waals surface area contributed by atoms with E-state index in [1.165, 1.54) is 0 Å². The zero-order valence-corrected chi connectivity index (χ0v) is 20.6. The number of phosphoric acid groups is 1. The summed E-state index contributed by atoms with van der Waals surface area (Å²) in [6, 6.07) is -0.783. The van der Waals surface area contributed by atoms with Crippen molar-refractivity contribution in [1.29, 1.82) is 0 Å². The van der Waals surface area contributed by atoms with Crippen LogP contribution in [0.1, 0.15) is 78.1 Å². The quantitative estimate of drug-likeness (QED) is 0.177. The maximum absolute atomic E-state index is 12.2. The smallest absolute Gasteiger partial charge is 0.268 e. The monoisotopic (exact) mass is 452 g/mol. The topological polar surface area (TPSA) is 108 Å². The molecule has 0 aliphatic heterocycles. The fraction of sp³-hybridized carbons (Fsp3) is 0.952. The number of likely N-dealkylation sites (N-methyl/N-ethyl adjacent to an activating group) is 1. The van der Waals surface area contributed by atoms with Crippen molar-refractivity contribution in [1.82, 2.24) is 5.32 Å². The number of phosphoric ester groups is 1. The lowest BCUT2D eigenvalue weighted by molar-refractivity contribution is -0.870. The van der Waals surface area contributed by atoms with Gasteiger partial charge in [-0.1, -0.05) is 58.8 Å². The summed E-state index contributed by atoms with van der Waals surface area (Å²) < 4.78 is 22.5. The van der Waals surface area contributed by atoms with Gasteiger partial charge in [-0.3, -0.25) is 9.36 Å². The SMILES string of the molecule is CCCCCCC(=O)NC(COP(=O)([O-])OCC[N+](C)(C)C)C(O)CCCCCC. The molecule has 0 aliphatic rings. The molecular formula is C21H45N2O6P. The molecule has 0 bridgehead atoms. The van der Waals surface area contributed by atoms with Gasteiger partial charge in [0.25, 0.3) is 7.82 Å². The fourth-order valence-corrected chi connectivity index (χ4v) is 3.58. The van der Waals surface area contributed by atoms with Crippen molar-refractivity contribution in [3.63, 3.8) is 0 Å². The maximum atomic E-state index is 12.2. The molecule has 3 atom stereocenters. The number of nitrogens with one attached hydrogen (secondary N) is 1. The number of aliphatic hydroxyl groups is 1. The van der Waals surface area contributed by atoms with Gasteiger partial charge in [-0.25, -0.2) is 0 Å². The first-order valence-corrected chi connectivity index (χ1v) is 12.8. The van der Waals surface area contributed by atoms with E-state index in [1.54, 1.807) is 0 Å². The second-order valence-electron chi connectivity index (χ2n) is 8.99. The second-order valence-corrected chi connectivity index (χ2v) is 10.4. The number of nitrogens with zero attached hydrogens (tertiary/aromatic N) is 1. The Hall–Kier alpha value is -0.500. The van der Waals surface area contributed by atoms with Crippen LogP contribution in [0.3, 0.4) is 0 Å². The van der Waals surface area contributed by atoms with Gasteiger partial charge in [0.05, 0.1) is 39.9 Å². The van der Waals surface area contributed by atoms with Crippen LogP contribution in [0.4, 0.5) is 0 Å². The summed E-state index contributed by atoms with van der Waals surface area (Å²) in [6.07, 6.45) is 7.83. The van der Waals surface area contributed by atoms with E-state index < -0.39 is 20.0 Å². The molecule has 1 amide bonds. The van der Waals surface area contributed by atoms with E-state index in [9.17, 15) is 19.4 Å². The fourth-order valence-electron chi connectivity index (χ4n) is 2.86. The highest BCUT2D eigenvalue weighted by atomic mass is 31.2. The molecule has 0 aromatic rings. The molecule has 2 N–H and O–H groups in total. The van der Waals surface area contributed by atoms with Gasteiger partial charge in [0.15, 0.2) is 0 Å². The summed E-state index contributed by atoms with van der Waals surface area (Å²) in [5, 5.41) is 13.3. The van der Waals surface area contributed by atoms with Crippen LogP contribution in [0.25, 0.3) is 0 Å². The average Bonchev–Trinajstić information content (AvgIpc) is 2.64. The minimum Gasteiger partial charge on any atom is -0.756 e. The first-order chi connectivity index (χ1) is 14.0. The first kappa shape index (κ1) is 29.5. The molecule has 0 aromatic heterocycles. The van der Waals surface area contributed by atoms with Crippen LogP contribution in [-0.4, -0.2) is 68.5 Å². The summed E-state index contributed by atoms with van der Waals surface area (Å²) in [4.78, 5) is 24.3. The summed E-state index contributed by atoms with van der Waals surface area (Å²) in [6.45, 7) is 4.40. The Morgan fingerprint density at radius 2 is 1.63 bits per heavy atom. The van der Waals surface area contributed by atoms with Gasteiger partial charge in [-0.2, -0.15) is 0 Å². The molecule has 0 spiro atoms. The van der Waals surface area contributed by atoms with Gasteiger partial charge in [0.1, 0.15) is 13.2 Å². The van der Waals surface area contributed by atoms with E-state index in [0.29, 0.717) is 23.9 Å². The lowest BCUT2D eigenvalue weighted by atomic mass is 10.0. The van der Waals surface area contributed by atoms with Crippen molar-refractivity contribution >= 4 is 13.7 Å². The number of rotatable bonds is 19. The van der Waals surface area contributed by atoms with Gasteiger partial charge in [-0.05, 0) is 12.8 Å². The van der Waals surface area contributed by atoms with Gasteiger partial charge >= 0.3 is 0 Å². The number of hydrogen-bond donors (Lipinski definition) is 2. The molecule has 0 saturated carbocycles. The molecule has 0 aromatic carbocycles. The Balaban J connectivity index is 4.68. The van der Waals surface area contributed by atoms with Crippen molar-refractivity contribution in [2.45, 2.75) is 90.2 Å². The molecular weight excluding hydrogens is 407 g/mol. The number of unbranched alkanes of at least 4 members (excludes halogenated alkanes) is 6. The van der Waals surface area contributed by atoms with Gasteiger partial charge in [0.2, 0.25) is 5.91 Å². The highest BCUT2D eigenvalue weighted by Gasteiger charge is 2.24. The van der Waals surface area contributed by atoms with E-state index in [0.717, 1.165) is 51.4 Å². The second kappa shape index (κ2) is 16.2. The summed E-state index contributed by atoms with van der Waals surface area (Å²) in [5.41, 5.74) is 0. The van der Waals surface area contributed by atoms with Gasteiger partial charge in [0, 0.05) is 6.42 Å². The van der Waals surface area contributed by atoms with Crippen molar-refractivity contribution in [2.24, 2.45) is 0 Å². The van der Waals surface area contributed by atoms with Crippen LogP contribution in [0.2, 0.25) is 0 Å². The Kier molecular flexibility index (Phi) is 15.9. The molecule has 0 radical (unpaired) electrons. The van der Waals surface area contributed by atoms with Crippen LogP contribution >= 0.6 is 7.82 Å². The number of carbonyl (C=O) groups is 1. The predicted molar refractivity (Wildman–Crippen MR) is 118 cm³/mol. The predicted octanol–water partition coefficient (Wildman–Crippen LogP) is 2.98. The molecule has 0 rings (SSSR count). The number of amides is 1. The minimum atomic E-state index is -4.50. The average molecular weight is 453 g/mol. The Labute approximate surface area is 183 Å². The molecule has 8 nitrogen and oxygen atoms in total. The van der Waals surface area contributed by atoms with Crippen LogP contribution in [-0.2, 0) is 18.4 Å². The first-order valence-electron chi connectivity index (χ1n) is 11.4.